The number of carbonyl (C=O) groups excluding carboxylic acids is 1. The number of hydrogen-bond acceptors (Lipinski definition) is 4. The first-order valence-corrected chi connectivity index (χ1v) is 6.15. The molecule has 0 amide bonds. The Bertz CT molecular complexity index is 492. The summed E-state index contributed by atoms with van der Waals surface area (Å²) < 4.78 is 5.00. The lowest BCUT2D eigenvalue weighted by molar-refractivity contribution is -0.142. The number of carbonyl (C=O) groups is 1. The minimum Gasteiger partial charge on any atom is -0.459 e. The van der Waals surface area contributed by atoms with Gasteiger partial charge in [0.15, 0.2) is 0 Å². The standard InChI is InChI=1S/C13H15NO2S/c1-8(2)16-13(15)12(7-14)6-11-5-9(3)17-10(11)4/h5-6,8H,1-4H3/b12-6-. The van der Waals surface area contributed by atoms with Gasteiger partial charge in [0.25, 0.3) is 0 Å². The van der Waals surface area contributed by atoms with E-state index in [1.165, 1.54) is 0 Å². The first-order chi connectivity index (χ1) is 7.93. The maximum atomic E-state index is 11.6. The van der Waals surface area contributed by atoms with E-state index in [1.807, 2.05) is 26.0 Å². The highest BCUT2D eigenvalue weighted by Crippen LogP contribution is 2.23. The molecule has 0 radical (unpaired) electrons. The summed E-state index contributed by atoms with van der Waals surface area (Å²) in [6.07, 6.45) is 1.37. The molecular weight excluding hydrogens is 234 g/mol. The maximum Gasteiger partial charge on any atom is 0.349 e. The van der Waals surface area contributed by atoms with Crippen LogP contribution in [0.5, 0.6) is 0 Å². The summed E-state index contributed by atoms with van der Waals surface area (Å²) in [6.45, 7) is 7.47. The molecule has 4 heteroatoms. The van der Waals surface area contributed by atoms with Crippen molar-refractivity contribution in [2.24, 2.45) is 0 Å². The molecule has 0 N–H and O–H groups in total. The number of nitriles is 1. The quantitative estimate of drug-likeness (QED) is 0.469. The van der Waals surface area contributed by atoms with Gasteiger partial charge in [-0.25, -0.2) is 4.79 Å². The summed E-state index contributed by atoms with van der Waals surface area (Å²) in [6, 6.07) is 3.84. The SMILES string of the molecule is Cc1cc(/C=C(/C#N)C(=O)OC(C)C)c(C)s1. The molecule has 1 aromatic heterocycles. The van der Waals surface area contributed by atoms with Gasteiger partial charge >= 0.3 is 5.97 Å². The van der Waals surface area contributed by atoms with Crippen molar-refractivity contribution in [1.29, 1.82) is 5.26 Å². The van der Waals surface area contributed by atoms with E-state index in [0.717, 1.165) is 15.3 Å². The van der Waals surface area contributed by atoms with Gasteiger partial charge in [-0.15, -0.1) is 11.3 Å². The summed E-state index contributed by atoms with van der Waals surface area (Å²) >= 11 is 1.64. The highest BCUT2D eigenvalue weighted by molar-refractivity contribution is 7.12. The van der Waals surface area contributed by atoms with Crippen LogP contribution in [-0.2, 0) is 9.53 Å². The molecule has 0 aliphatic rings. The Morgan fingerprint density at radius 3 is 2.59 bits per heavy atom. The minimum absolute atomic E-state index is 0.0413. The van der Waals surface area contributed by atoms with Crippen LogP contribution in [0.2, 0.25) is 0 Å². The Kier molecular flexibility index (Phi) is 4.47. The molecule has 0 bridgehead atoms. The molecule has 0 aliphatic carbocycles. The summed E-state index contributed by atoms with van der Waals surface area (Å²) in [5.74, 6) is -0.564. The summed E-state index contributed by atoms with van der Waals surface area (Å²) in [4.78, 5) is 13.8. The van der Waals surface area contributed by atoms with Crippen LogP contribution in [0.25, 0.3) is 6.08 Å². The molecule has 0 saturated carbocycles. The van der Waals surface area contributed by atoms with Gasteiger partial charge in [-0.3, -0.25) is 0 Å². The number of hydrogen-bond donors (Lipinski definition) is 0. The zero-order valence-corrected chi connectivity index (χ0v) is 11.2. The minimum atomic E-state index is -0.564. The highest BCUT2D eigenvalue weighted by Gasteiger charge is 2.13. The number of nitrogens with zero attached hydrogens (tertiary/aromatic N) is 1. The molecule has 90 valence electrons. The normalized spacial score (nSPS) is 11.4. The Morgan fingerprint density at radius 1 is 1.53 bits per heavy atom. The predicted molar refractivity (Wildman–Crippen MR) is 68.6 cm³/mol. The Morgan fingerprint density at radius 2 is 2.18 bits per heavy atom. The van der Waals surface area contributed by atoms with E-state index in [-0.39, 0.29) is 11.7 Å². The summed E-state index contributed by atoms with van der Waals surface area (Å²) in [5, 5.41) is 8.95. The fourth-order valence-electron chi connectivity index (χ4n) is 1.36. The van der Waals surface area contributed by atoms with Crippen LogP contribution in [0.3, 0.4) is 0 Å². The summed E-state index contributed by atoms with van der Waals surface area (Å²) in [7, 11) is 0. The van der Waals surface area contributed by atoms with Crippen LogP contribution in [-0.4, -0.2) is 12.1 Å². The van der Waals surface area contributed by atoms with Crippen molar-refractivity contribution in [2.75, 3.05) is 0 Å². The average Bonchev–Trinajstić information content (AvgIpc) is 2.52. The first kappa shape index (κ1) is 13.5. The first-order valence-electron chi connectivity index (χ1n) is 5.34. The number of ether oxygens (including phenoxy) is 1. The smallest absolute Gasteiger partial charge is 0.349 e. The highest BCUT2D eigenvalue weighted by atomic mass is 32.1. The monoisotopic (exact) mass is 249 g/mol. The number of rotatable bonds is 3. The fraction of sp³-hybridized carbons (Fsp3) is 0.385. The van der Waals surface area contributed by atoms with E-state index >= 15 is 0 Å². The molecule has 17 heavy (non-hydrogen) atoms. The van der Waals surface area contributed by atoms with Crippen molar-refractivity contribution in [3.63, 3.8) is 0 Å². The topological polar surface area (TPSA) is 50.1 Å². The van der Waals surface area contributed by atoms with Crippen molar-refractivity contribution in [3.8, 4) is 6.07 Å². The second-order valence-electron chi connectivity index (χ2n) is 3.99. The second-order valence-corrected chi connectivity index (χ2v) is 5.45. The molecular formula is C13H15NO2S. The zero-order valence-electron chi connectivity index (χ0n) is 10.4. The maximum absolute atomic E-state index is 11.6. The zero-order chi connectivity index (χ0) is 13.0. The van der Waals surface area contributed by atoms with E-state index in [1.54, 1.807) is 31.3 Å². The van der Waals surface area contributed by atoms with Crippen LogP contribution in [0.1, 0.15) is 29.2 Å². The van der Waals surface area contributed by atoms with Gasteiger partial charge < -0.3 is 4.74 Å². The Hall–Kier alpha value is -1.60. The van der Waals surface area contributed by atoms with Gasteiger partial charge in [-0.1, -0.05) is 0 Å². The lowest BCUT2D eigenvalue weighted by Crippen LogP contribution is -2.12. The van der Waals surface area contributed by atoms with Crippen LogP contribution in [0.15, 0.2) is 11.6 Å². The van der Waals surface area contributed by atoms with Crippen molar-refractivity contribution >= 4 is 23.4 Å². The molecule has 0 unspecified atom stereocenters. The number of thiophene rings is 1. The predicted octanol–water partition coefficient (Wildman–Crippen LogP) is 3.22. The molecule has 3 nitrogen and oxygen atoms in total. The third-order valence-electron chi connectivity index (χ3n) is 2.06. The van der Waals surface area contributed by atoms with Gasteiger partial charge in [0.2, 0.25) is 0 Å². The van der Waals surface area contributed by atoms with Crippen LogP contribution >= 0.6 is 11.3 Å². The molecule has 0 atom stereocenters. The van der Waals surface area contributed by atoms with Crippen molar-refractivity contribution in [1.82, 2.24) is 0 Å². The molecule has 1 rings (SSSR count). The third kappa shape index (κ3) is 3.72. The average molecular weight is 249 g/mol. The van der Waals surface area contributed by atoms with Gasteiger partial charge in [0.05, 0.1) is 6.10 Å². The van der Waals surface area contributed by atoms with E-state index < -0.39 is 5.97 Å². The van der Waals surface area contributed by atoms with Crippen LogP contribution in [0, 0.1) is 25.2 Å². The van der Waals surface area contributed by atoms with E-state index in [4.69, 9.17) is 10.00 Å². The van der Waals surface area contributed by atoms with Crippen LogP contribution in [0.4, 0.5) is 0 Å². The Balaban J connectivity index is 2.99. The number of aryl methyl sites for hydroxylation is 2. The molecule has 0 aromatic carbocycles. The lowest BCUT2D eigenvalue weighted by atomic mass is 10.1. The summed E-state index contributed by atoms with van der Waals surface area (Å²) in [5.41, 5.74) is 0.948. The molecule has 0 saturated heterocycles. The van der Waals surface area contributed by atoms with E-state index in [9.17, 15) is 4.79 Å². The molecule has 0 spiro atoms. The second kappa shape index (κ2) is 5.65. The van der Waals surface area contributed by atoms with Crippen molar-refractivity contribution in [2.45, 2.75) is 33.8 Å². The van der Waals surface area contributed by atoms with Crippen molar-refractivity contribution < 1.29 is 9.53 Å². The van der Waals surface area contributed by atoms with Crippen molar-refractivity contribution in [3.05, 3.63) is 27.0 Å². The van der Waals surface area contributed by atoms with E-state index in [2.05, 4.69) is 0 Å². The molecule has 1 aromatic rings. The van der Waals surface area contributed by atoms with E-state index in [0.29, 0.717) is 0 Å². The fourth-order valence-corrected chi connectivity index (χ4v) is 2.27. The van der Waals surface area contributed by atoms with Crippen LogP contribution < -0.4 is 0 Å². The lowest BCUT2D eigenvalue weighted by Gasteiger charge is -2.06. The third-order valence-corrected chi connectivity index (χ3v) is 3.04. The largest absolute Gasteiger partial charge is 0.459 e. The van der Waals surface area contributed by atoms with Gasteiger partial charge in [-0.2, -0.15) is 5.26 Å². The molecule has 1 heterocycles. The Labute approximate surface area is 105 Å². The molecule has 0 aliphatic heterocycles. The van der Waals surface area contributed by atoms with Gasteiger partial charge in [0.1, 0.15) is 11.6 Å². The molecule has 0 fully saturated rings. The van der Waals surface area contributed by atoms with Gasteiger partial charge in [0, 0.05) is 9.75 Å². The van der Waals surface area contributed by atoms with Gasteiger partial charge in [-0.05, 0) is 45.4 Å². The number of esters is 1.